The SMILES string of the molecule is CCc1nc(NC(CC)CC)c(OC)nc1-c1c(OC)cc(C(C)C)cc1OC. The minimum atomic E-state index is 0.322. The zero-order valence-electron chi connectivity index (χ0n) is 19.0. The third-order valence-corrected chi connectivity index (χ3v) is 5.22. The van der Waals surface area contributed by atoms with Crippen LogP contribution in [0.1, 0.15) is 64.6 Å². The maximum absolute atomic E-state index is 5.73. The second-order valence-corrected chi connectivity index (χ2v) is 7.34. The number of nitrogens with one attached hydrogen (secondary N) is 1. The Hall–Kier alpha value is -2.50. The largest absolute Gasteiger partial charge is 0.496 e. The molecule has 2 rings (SSSR count). The Kier molecular flexibility index (Phi) is 8.11. The quantitative estimate of drug-likeness (QED) is 0.570. The molecule has 0 saturated heterocycles. The first-order valence-corrected chi connectivity index (χ1v) is 10.4. The molecule has 0 unspecified atom stereocenters. The summed E-state index contributed by atoms with van der Waals surface area (Å²) in [4.78, 5) is 9.71. The molecule has 6 heteroatoms. The van der Waals surface area contributed by atoms with Crippen molar-refractivity contribution in [2.45, 2.75) is 65.8 Å². The number of aromatic nitrogens is 2. The molecule has 29 heavy (non-hydrogen) atoms. The summed E-state index contributed by atoms with van der Waals surface area (Å²) in [6.45, 7) is 10.7. The number of nitrogens with zero attached hydrogens (tertiary/aromatic N) is 2. The molecule has 1 heterocycles. The minimum Gasteiger partial charge on any atom is -0.496 e. The van der Waals surface area contributed by atoms with Gasteiger partial charge in [0.05, 0.1) is 32.6 Å². The second-order valence-electron chi connectivity index (χ2n) is 7.34. The third-order valence-electron chi connectivity index (χ3n) is 5.22. The Labute approximate surface area is 175 Å². The number of benzene rings is 1. The van der Waals surface area contributed by atoms with Crippen LogP contribution in [0.3, 0.4) is 0 Å². The third kappa shape index (κ3) is 4.92. The van der Waals surface area contributed by atoms with Crippen LogP contribution >= 0.6 is 0 Å². The highest BCUT2D eigenvalue weighted by molar-refractivity contribution is 5.78. The Balaban J connectivity index is 2.71. The molecule has 0 aliphatic heterocycles. The number of rotatable bonds is 10. The summed E-state index contributed by atoms with van der Waals surface area (Å²) >= 11 is 0. The lowest BCUT2D eigenvalue weighted by Crippen LogP contribution is -2.19. The molecule has 0 spiro atoms. The van der Waals surface area contributed by atoms with Crippen LogP contribution < -0.4 is 19.5 Å². The predicted octanol–water partition coefficient (Wildman–Crippen LogP) is 5.46. The Morgan fingerprint density at radius 3 is 1.90 bits per heavy atom. The number of anilines is 1. The highest BCUT2D eigenvalue weighted by Gasteiger charge is 2.23. The van der Waals surface area contributed by atoms with E-state index in [0.29, 0.717) is 23.7 Å². The molecular formula is C23H35N3O3. The monoisotopic (exact) mass is 401 g/mol. The molecule has 0 radical (unpaired) electrons. The van der Waals surface area contributed by atoms with Crippen LogP contribution in [0.5, 0.6) is 17.4 Å². The summed E-state index contributed by atoms with van der Waals surface area (Å²) in [5, 5.41) is 3.47. The van der Waals surface area contributed by atoms with Crippen LogP contribution in [0, 0.1) is 0 Å². The normalized spacial score (nSPS) is 11.1. The summed E-state index contributed by atoms with van der Waals surface area (Å²) in [5.41, 5.74) is 3.54. The van der Waals surface area contributed by atoms with Crippen LogP contribution in [0.2, 0.25) is 0 Å². The highest BCUT2D eigenvalue weighted by atomic mass is 16.5. The van der Waals surface area contributed by atoms with Crippen molar-refractivity contribution in [3.05, 3.63) is 23.4 Å². The molecule has 0 bridgehead atoms. The summed E-state index contributed by atoms with van der Waals surface area (Å²) in [6, 6.07) is 4.42. The number of hydrogen-bond acceptors (Lipinski definition) is 6. The summed E-state index contributed by atoms with van der Waals surface area (Å²) in [7, 11) is 4.96. The lowest BCUT2D eigenvalue weighted by atomic mass is 9.97. The lowest BCUT2D eigenvalue weighted by Gasteiger charge is -2.21. The second kappa shape index (κ2) is 10.3. The predicted molar refractivity (Wildman–Crippen MR) is 119 cm³/mol. The van der Waals surface area contributed by atoms with Gasteiger partial charge < -0.3 is 19.5 Å². The van der Waals surface area contributed by atoms with Crippen molar-refractivity contribution < 1.29 is 14.2 Å². The first-order valence-electron chi connectivity index (χ1n) is 10.4. The smallest absolute Gasteiger partial charge is 0.257 e. The van der Waals surface area contributed by atoms with Crippen LogP contribution in [0.4, 0.5) is 5.82 Å². The van der Waals surface area contributed by atoms with Gasteiger partial charge in [0.1, 0.15) is 17.2 Å². The lowest BCUT2D eigenvalue weighted by molar-refractivity contribution is 0.391. The van der Waals surface area contributed by atoms with E-state index < -0.39 is 0 Å². The molecule has 0 saturated carbocycles. The van der Waals surface area contributed by atoms with Gasteiger partial charge in [0.25, 0.3) is 5.88 Å². The Morgan fingerprint density at radius 1 is 0.897 bits per heavy atom. The maximum atomic E-state index is 5.73. The van der Waals surface area contributed by atoms with E-state index in [9.17, 15) is 0 Å². The summed E-state index contributed by atoms with van der Waals surface area (Å²) < 4.78 is 17.1. The van der Waals surface area contributed by atoms with Gasteiger partial charge in [0.15, 0.2) is 5.82 Å². The van der Waals surface area contributed by atoms with Gasteiger partial charge in [-0.2, -0.15) is 0 Å². The van der Waals surface area contributed by atoms with Crippen molar-refractivity contribution >= 4 is 5.82 Å². The van der Waals surface area contributed by atoms with E-state index in [1.807, 2.05) is 12.1 Å². The molecule has 1 N–H and O–H groups in total. The topological polar surface area (TPSA) is 65.5 Å². The van der Waals surface area contributed by atoms with Gasteiger partial charge in [-0.15, -0.1) is 0 Å². The zero-order chi connectivity index (χ0) is 21.6. The summed E-state index contributed by atoms with van der Waals surface area (Å²) in [5.74, 6) is 2.95. The van der Waals surface area contributed by atoms with Gasteiger partial charge in [-0.1, -0.05) is 34.6 Å². The first-order chi connectivity index (χ1) is 13.9. The van der Waals surface area contributed by atoms with Crippen LogP contribution in [-0.4, -0.2) is 37.3 Å². The average Bonchev–Trinajstić information content (AvgIpc) is 2.75. The fourth-order valence-corrected chi connectivity index (χ4v) is 3.32. The molecule has 2 aromatic rings. The fourth-order valence-electron chi connectivity index (χ4n) is 3.32. The Morgan fingerprint density at radius 2 is 1.48 bits per heavy atom. The van der Waals surface area contributed by atoms with E-state index in [-0.39, 0.29) is 0 Å². The molecule has 0 aliphatic carbocycles. The van der Waals surface area contributed by atoms with Crippen LogP contribution in [0.25, 0.3) is 11.3 Å². The van der Waals surface area contributed by atoms with Crippen molar-refractivity contribution in [2.24, 2.45) is 0 Å². The van der Waals surface area contributed by atoms with E-state index in [1.54, 1.807) is 21.3 Å². The molecule has 0 fully saturated rings. The van der Waals surface area contributed by atoms with Gasteiger partial charge in [-0.3, -0.25) is 0 Å². The van der Waals surface area contributed by atoms with Crippen molar-refractivity contribution in [3.63, 3.8) is 0 Å². The first kappa shape index (κ1) is 22.8. The van der Waals surface area contributed by atoms with Gasteiger partial charge in [-0.05, 0) is 42.9 Å². The zero-order valence-corrected chi connectivity index (χ0v) is 19.0. The van der Waals surface area contributed by atoms with E-state index in [4.69, 9.17) is 24.2 Å². The van der Waals surface area contributed by atoms with Crippen LogP contribution in [-0.2, 0) is 6.42 Å². The molecule has 1 aromatic carbocycles. The van der Waals surface area contributed by atoms with Crippen molar-refractivity contribution in [1.82, 2.24) is 9.97 Å². The number of hydrogen-bond donors (Lipinski definition) is 1. The fraction of sp³-hybridized carbons (Fsp3) is 0.565. The molecule has 1 aromatic heterocycles. The van der Waals surface area contributed by atoms with E-state index in [2.05, 4.69) is 39.9 Å². The Bertz CT molecular complexity index is 792. The maximum Gasteiger partial charge on any atom is 0.257 e. The van der Waals surface area contributed by atoms with Gasteiger partial charge >= 0.3 is 0 Å². The van der Waals surface area contributed by atoms with E-state index in [0.717, 1.165) is 53.3 Å². The van der Waals surface area contributed by atoms with Crippen molar-refractivity contribution in [1.29, 1.82) is 0 Å². The molecule has 160 valence electrons. The molecular weight excluding hydrogens is 366 g/mol. The van der Waals surface area contributed by atoms with Crippen molar-refractivity contribution in [3.8, 4) is 28.6 Å². The highest BCUT2D eigenvalue weighted by Crippen LogP contribution is 2.42. The standard InChI is InChI=1S/C23H35N3O3/c1-9-16(10-2)24-22-23(29-8)26-21(17(11-3)25-22)20-18(27-6)12-15(14(4)5)13-19(20)28-7/h12-14,16H,9-11H2,1-8H3,(H,24,25). The van der Waals surface area contributed by atoms with E-state index >= 15 is 0 Å². The number of methoxy groups -OCH3 is 3. The molecule has 6 nitrogen and oxygen atoms in total. The van der Waals surface area contributed by atoms with E-state index in [1.165, 1.54) is 0 Å². The van der Waals surface area contributed by atoms with Crippen LogP contribution in [0.15, 0.2) is 12.1 Å². The minimum absolute atomic E-state index is 0.322. The number of aryl methyl sites for hydroxylation is 1. The van der Waals surface area contributed by atoms with Gasteiger partial charge in [0, 0.05) is 6.04 Å². The summed E-state index contributed by atoms with van der Waals surface area (Å²) in [6.07, 6.45) is 2.73. The molecule has 0 atom stereocenters. The molecule has 0 amide bonds. The molecule has 0 aliphatic rings. The average molecular weight is 402 g/mol. The van der Waals surface area contributed by atoms with Crippen molar-refractivity contribution in [2.75, 3.05) is 26.6 Å². The van der Waals surface area contributed by atoms with Gasteiger partial charge in [0.2, 0.25) is 0 Å². The number of ether oxygens (including phenoxy) is 3. The van der Waals surface area contributed by atoms with Gasteiger partial charge in [-0.25, -0.2) is 9.97 Å².